The Morgan fingerprint density at radius 1 is 1.22 bits per heavy atom. The third-order valence-electron chi connectivity index (χ3n) is 2.26. The highest BCUT2D eigenvalue weighted by molar-refractivity contribution is 14.1. The molecule has 0 aliphatic rings. The summed E-state index contributed by atoms with van der Waals surface area (Å²) in [5.41, 5.74) is 0.662. The summed E-state index contributed by atoms with van der Waals surface area (Å²) in [7, 11) is 0. The van der Waals surface area contributed by atoms with Crippen molar-refractivity contribution >= 4 is 50.1 Å². The van der Waals surface area contributed by atoms with E-state index in [0.29, 0.717) is 10.2 Å². The van der Waals surface area contributed by atoms with Gasteiger partial charge in [0.2, 0.25) is 0 Å². The molecule has 0 saturated heterocycles. The summed E-state index contributed by atoms with van der Waals surface area (Å²) < 4.78 is 15.2. The Labute approximate surface area is 126 Å². The molecule has 0 bridgehead atoms. The van der Waals surface area contributed by atoms with Crippen molar-refractivity contribution < 1.29 is 9.18 Å². The van der Waals surface area contributed by atoms with Crippen LogP contribution in [0.4, 0.5) is 10.1 Å². The van der Waals surface area contributed by atoms with Crippen LogP contribution in [0, 0.1) is 9.39 Å². The Morgan fingerprint density at radius 2 is 2.00 bits per heavy atom. The summed E-state index contributed by atoms with van der Waals surface area (Å²) in [5.74, 6) is -1.00. The standard InChI is InChI=1S/C13H8BrFINO/c14-8-4-5-12(15)11(6-8)13(18)17-10-3-1-2-9(16)7-10/h1-7H,(H,17,18). The minimum atomic E-state index is -0.540. The van der Waals surface area contributed by atoms with Gasteiger partial charge in [0.05, 0.1) is 5.56 Å². The molecule has 1 amide bonds. The number of amides is 1. The number of benzene rings is 2. The Kier molecular flexibility index (Phi) is 4.34. The summed E-state index contributed by atoms with van der Waals surface area (Å²) >= 11 is 5.36. The first-order valence-electron chi connectivity index (χ1n) is 5.08. The quantitative estimate of drug-likeness (QED) is 0.716. The topological polar surface area (TPSA) is 29.1 Å². The molecule has 92 valence electrons. The van der Waals surface area contributed by atoms with Crippen LogP contribution in [0.1, 0.15) is 10.4 Å². The van der Waals surface area contributed by atoms with Crippen LogP contribution in [0.3, 0.4) is 0 Å². The number of halogens is 3. The largest absolute Gasteiger partial charge is 0.322 e. The lowest BCUT2D eigenvalue weighted by Gasteiger charge is -2.07. The van der Waals surface area contributed by atoms with Crippen molar-refractivity contribution in [2.75, 3.05) is 5.32 Å². The highest BCUT2D eigenvalue weighted by atomic mass is 127. The minimum absolute atomic E-state index is 0.0169. The monoisotopic (exact) mass is 419 g/mol. The summed E-state index contributed by atoms with van der Waals surface area (Å²) in [6.45, 7) is 0. The van der Waals surface area contributed by atoms with Gasteiger partial charge in [-0.25, -0.2) is 4.39 Å². The molecule has 0 radical (unpaired) electrons. The second-order valence-electron chi connectivity index (χ2n) is 3.59. The van der Waals surface area contributed by atoms with Crippen LogP contribution in [-0.2, 0) is 0 Å². The lowest BCUT2D eigenvalue weighted by molar-refractivity contribution is 0.102. The molecular formula is C13H8BrFINO. The summed E-state index contributed by atoms with van der Waals surface area (Å²) in [6.07, 6.45) is 0. The number of carbonyl (C=O) groups excluding carboxylic acids is 1. The van der Waals surface area contributed by atoms with Crippen LogP contribution in [-0.4, -0.2) is 5.91 Å². The van der Waals surface area contributed by atoms with E-state index in [1.165, 1.54) is 12.1 Å². The van der Waals surface area contributed by atoms with Crippen molar-refractivity contribution in [2.45, 2.75) is 0 Å². The van der Waals surface area contributed by atoms with Crippen molar-refractivity contribution in [3.8, 4) is 0 Å². The third-order valence-corrected chi connectivity index (χ3v) is 3.42. The maximum atomic E-state index is 13.5. The van der Waals surface area contributed by atoms with E-state index in [9.17, 15) is 9.18 Å². The van der Waals surface area contributed by atoms with Gasteiger partial charge >= 0.3 is 0 Å². The van der Waals surface area contributed by atoms with Gasteiger partial charge < -0.3 is 5.32 Å². The fourth-order valence-corrected chi connectivity index (χ4v) is 2.34. The fourth-order valence-electron chi connectivity index (χ4n) is 1.44. The molecule has 1 N–H and O–H groups in total. The van der Waals surface area contributed by atoms with Gasteiger partial charge in [-0.15, -0.1) is 0 Å². The maximum Gasteiger partial charge on any atom is 0.258 e. The summed E-state index contributed by atoms with van der Waals surface area (Å²) in [6, 6.07) is 11.6. The molecule has 0 spiro atoms. The van der Waals surface area contributed by atoms with Crippen LogP contribution in [0.2, 0.25) is 0 Å². The van der Waals surface area contributed by atoms with Gasteiger partial charge in [0.25, 0.3) is 5.91 Å². The number of carbonyl (C=O) groups is 1. The van der Waals surface area contributed by atoms with Crippen LogP contribution >= 0.6 is 38.5 Å². The van der Waals surface area contributed by atoms with Crippen molar-refractivity contribution in [1.82, 2.24) is 0 Å². The van der Waals surface area contributed by atoms with E-state index in [1.807, 2.05) is 18.2 Å². The van der Waals surface area contributed by atoms with E-state index < -0.39 is 11.7 Å². The normalized spacial score (nSPS) is 10.2. The first-order chi connectivity index (χ1) is 8.56. The molecule has 0 unspecified atom stereocenters. The van der Waals surface area contributed by atoms with Crippen molar-refractivity contribution in [3.63, 3.8) is 0 Å². The van der Waals surface area contributed by atoms with E-state index in [0.717, 1.165) is 3.57 Å². The summed E-state index contributed by atoms with van der Waals surface area (Å²) in [4.78, 5) is 11.9. The van der Waals surface area contributed by atoms with Crippen molar-refractivity contribution in [2.24, 2.45) is 0 Å². The molecule has 2 aromatic carbocycles. The van der Waals surface area contributed by atoms with E-state index in [-0.39, 0.29) is 5.56 Å². The lowest BCUT2D eigenvalue weighted by Crippen LogP contribution is -2.13. The predicted molar refractivity (Wildman–Crippen MR) is 81.2 cm³/mol. The number of rotatable bonds is 2. The molecular weight excluding hydrogens is 412 g/mol. The minimum Gasteiger partial charge on any atom is -0.322 e. The maximum absolute atomic E-state index is 13.5. The predicted octanol–water partition coefficient (Wildman–Crippen LogP) is 4.45. The van der Waals surface area contributed by atoms with Gasteiger partial charge in [0, 0.05) is 13.7 Å². The SMILES string of the molecule is O=C(Nc1cccc(I)c1)c1cc(Br)ccc1F. The average Bonchev–Trinajstić information content (AvgIpc) is 2.32. The van der Waals surface area contributed by atoms with Gasteiger partial charge in [0.1, 0.15) is 5.82 Å². The van der Waals surface area contributed by atoms with E-state index in [2.05, 4.69) is 43.8 Å². The second-order valence-corrected chi connectivity index (χ2v) is 5.75. The van der Waals surface area contributed by atoms with Crippen LogP contribution in [0.25, 0.3) is 0 Å². The number of hydrogen-bond acceptors (Lipinski definition) is 1. The molecule has 0 saturated carbocycles. The first-order valence-corrected chi connectivity index (χ1v) is 6.95. The Morgan fingerprint density at radius 3 is 2.72 bits per heavy atom. The molecule has 5 heteroatoms. The molecule has 0 aliphatic heterocycles. The zero-order valence-electron chi connectivity index (χ0n) is 9.08. The van der Waals surface area contributed by atoms with Gasteiger partial charge in [-0.05, 0) is 59.0 Å². The second kappa shape index (κ2) is 5.79. The van der Waals surface area contributed by atoms with Gasteiger partial charge in [0.15, 0.2) is 0 Å². The Hall–Kier alpha value is -0.950. The van der Waals surface area contributed by atoms with Crippen LogP contribution in [0.15, 0.2) is 46.9 Å². The average molecular weight is 420 g/mol. The smallest absolute Gasteiger partial charge is 0.258 e. The van der Waals surface area contributed by atoms with Crippen LogP contribution in [0.5, 0.6) is 0 Å². The number of hydrogen-bond donors (Lipinski definition) is 1. The molecule has 0 heterocycles. The molecule has 18 heavy (non-hydrogen) atoms. The lowest BCUT2D eigenvalue weighted by atomic mass is 10.2. The zero-order valence-corrected chi connectivity index (χ0v) is 12.8. The zero-order chi connectivity index (χ0) is 13.1. The molecule has 0 fully saturated rings. The van der Waals surface area contributed by atoms with E-state index in [4.69, 9.17) is 0 Å². The Bertz CT molecular complexity index is 603. The van der Waals surface area contributed by atoms with Crippen LogP contribution < -0.4 is 5.32 Å². The molecule has 2 nitrogen and oxygen atoms in total. The molecule has 2 aromatic rings. The van der Waals surface area contributed by atoms with Crippen molar-refractivity contribution in [1.29, 1.82) is 0 Å². The van der Waals surface area contributed by atoms with Gasteiger partial charge in [-0.3, -0.25) is 4.79 Å². The molecule has 0 aromatic heterocycles. The Balaban J connectivity index is 2.24. The highest BCUT2D eigenvalue weighted by Gasteiger charge is 2.12. The summed E-state index contributed by atoms with van der Waals surface area (Å²) in [5, 5.41) is 2.66. The number of nitrogens with one attached hydrogen (secondary N) is 1. The first kappa shape index (κ1) is 13.5. The van der Waals surface area contributed by atoms with Gasteiger partial charge in [-0.2, -0.15) is 0 Å². The molecule has 2 rings (SSSR count). The molecule has 0 aliphatic carbocycles. The van der Waals surface area contributed by atoms with Crippen molar-refractivity contribution in [3.05, 3.63) is 61.9 Å². The van der Waals surface area contributed by atoms with E-state index >= 15 is 0 Å². The van der Waals surface area contributed by atoms with Gasteiger partial charge in [-0.1, -0.05) is 22.0 Å². The number of anilines is 1. The fraction of sp³-hybridized carbons (Fsp3) is 0. The highest BCUT2D eigenvalue weighted by Crippen LogP contribution is 2.18. The molecule has 0 atom stereocenters. The third kappa shape index (κ3) is 3.29. The van der Waals surface area contributed by atoms with E-state index in [1.54, 1.807) is 12.1 Å².